The van der Waals surface area contributed by atoms with Crippen LogP contribution in [0.2, 0.25) is 0 Å². The molecule has 0 aromatic heterocycles. The zero-order chi connectivity index (χ0) is 13.8. The second kappa shape index (κ2) is 5.65. The van der Waals surface area contributed by atoms with Crippen molar-refractivity contribution >= 4 is 5.97 Å². The van der Waals surface area contributed by atoms with Gasteiger partial charge in [0.15, 0.2) is 0 Å². The summed E-state index contributed by atoms with van der Waals surface area (Å²) in [6.07, 6.45) is 0.911. The largest absolute Gasteiger partial charge is 0.481 e. The van der Waals surface area contributed by atoms with Crippen molar-refractivity contribution in [3.8, 4) is 0 Å². The Morgan fingerprint density at radius 2 is 1.53 bits per heavy atom. The van der Waals surface area contributed by atoms with Gasteiger partial charge in [-0.3, -0.25) is 4.79 Å². The molecular formula is C16H15FO2. The minimum absolute atomic E-state index is 0.366. The second-order valence-electron chi connectivity index (χ2n) is 4.42. The maximum Gasteiger partial charge on any atom is 0.315 e. The lowest BCUT2D eigenvalue weighted by Crippen LogP contribution is -2.13. The highest BCUT2D eigenvalue weighted by Crippen LogP contribution is 2.25. The average molecular weight is 258 g/mol. The fraction of sp³-hybridized carbons (Fsp3) is 0.188. The third-order valence-electron chi connectivity index (χ3n) is 3.17. The second-order valence-corrected chi connectivity index (χ2v) is 4.42. The molecule has 0 bridgehead atoms. The molecule has 0 amide bonds. The van der Waals surface area contributed by atoms with Gasteiger partial charge in [0.1, 0.15) is 11.7 Å². The van der Waals surface area contributed by atoms with E-state index in [9.17, 15) is 14.3 Å². The fourth-order valence-corrected chi connectivity index (χ4v) is 2.08. The number of carboxylic acids is 1. The highest BCUT2D eigenvalue weighted by molar-refractivity contribution is 5.80. The normalized spacial score (nSPS) is 12.1. The van der Waals surface area contributed by atoms with Crippen LogP contribution in [0.1, 0.15) is 29.5 Å². The summed E-state index contributed by atoms with van der Waals surface area (Å²) in [5.74, 6) is -2.06. The number of hydrogen-bond donors (Lipinski definition) is 1. The van der Waals surface area contributed by atoms with E-state index >= 15 is 0 Å². The van der Waals surface area contributed by atoms with E-state index < -0.39 is 11.9 Å². The Bertz CT molecular complexity index is 558. The first kappa shape index (κ1) is 13.3. The molecule has 0 saturated carbocycles. The van der Waals surface area contributed by atoms with E-state index in [-0.39, 0.29) is 5.82 Å². The Morgan fingerprint density at radius 1 is 1.05 bits per heavy atom. The van der Waals surface area contributed by atoms with Gasteiger partial charge in [-0.25, -0.2) is 4.39 Å². The van der Waals surface area contributed by atoms with Crippen LogP contribution in [0.25, 0.3) is 0 Å². The predicted octanol–water partition coefficient (Wildman–Crippen LogP) is 3.60. The van der Waals surface area contributed by atoms with Crippen LogP contribution in [0, 0.1) is 5.82 Å². The fourth-order valence-electron chi connectivity index (χ4n) is 2.08. The number of aliphatic carboxylic acids is 1. The van der Waals surface area contributed by atoms with E-state index in [2.05, 4.69) is 0 Å². The molecule has 0 radical (unpaired) electrons. The molecule has 0 saturated heterocycles. The van der Waals surface area contributed by atoms with E-state index in [4.69, 9.17) is 0 Å². The molecule has 2 aromatic carbocycles. The standard InChI is InChI=1S/C16H15FO2/c1-2-11-3-5-12(6-4-11)15(16(18)19)13-7-9-14(17)10-8-13/h3-10,15H,2H2,1H3,(H,18,19). The molecule has 1 unspecified atom stereocenters. The quantitative estimate of drug-likeness (QED) is 0.909. The third-order valence-corrected chi connectivity index (χ3v) is 3.17. The molecule has 0 aliphatic heterocycles. The number of hydrogen-bond acceptors (Lipinski definition) is 1. The number of benzene rings is 2. The van der Waals surface area contributed by atoms with Gasteiger partial charge in [-0.1, -0.05) is 43.3 Å². The molecule has 2 nitrogen and oxygen atoms in total. The van der Waals surface area contributed by atoms with E-state index in [0.29, 0.717) is 11.1 Å². The maximum absolute atomic E-state index is 12.9. The maximum atomic E-state index is 12.9. The third kappa shape index (κ3) is 2.99. The van der Waals surface area contributed by atoms with Gasteiger partial charge in [-0.15, -0.1) is 0 Å². The van der Waals surface area contributed by atoms with Gasteiger partial charge >= 0.3 is 5.97 Å². The molecule has 3 heteroatoms. The van der Waals surface area contributed by atoms with Gasteiger partial charge in [0, 0.05) is 0 Å². The Balaban J connectivity index is 2.39. The summed E-state index contributed by atoms with van der Waals surface area (Å²) in [4.78, 5) is 11.4. The smallest absolute Gasteiger partial charge is 0.315 e. The van der Waals surface area contributed by atoms with Gasteiger partial charge in [0.25, 0.3) is 0 Å². The Hall–Kier alpha value is -2.16. The van der Waals surface area contributed by atoms with Gasteiger partial charge in [0.2, 0.25) is 0 Å². The van der Waals surface area contributed by atoms with E-state index in [0.717, 1.165) is 12.0 Å². The minimum Gasteiger partial charge on any atom is -0.481 e. The lowest BCUT2D eigenvalue weighted by atomic mass is 9.90. The van der Waals surface area contributed by atoms with Crippen LogP contribution in [0.5, 0.6) is 0 Å². The van der Waals surface area contributed by atoms with Crippen molar-refractivity contribution in [2.75, 3.05) is 0 Å². The molecule has 1 atom stereocenters. The molecule has 2 aromatic rings. The van der Waals surface area contributed by atoms with Crippen molar-refractivity contribution in [1.82, 2.24) is 0 Å². The van der Waals surface area contributed by atoms with Crippen LogP contribution in [0.3, 0.4) is 0 Å². The summed E-state index contributed by atoms with van der Waals surface area (Å²) in [7, 11) is 0. The Kier molecular flexibility index (Phi) is 3.95. The summed E-state index contributed by atoms with van der Waals surface area (Å²) in [6, 6.07) is 13.1. The van der Waals surface area contributed by atoms with Crippen LogP contribution in [-0.4, -0.2) is 11.1 Å². The van der Waals surface area contributed by atoms with Gasteiger partial charge in [0.05, 0.1) is 0 Å². The van der Waals surface area contributed by atoms with Crippen molar-refractivity contribution in [2.24, 2.45) is 0 Å². The highest BCUT2D eigenvalue weighted by Gasteiger charge is 2.21. The van der Waals surface area contributed by atoms with Crippen LogP contribution in [-0.2, 0) is 11.2 Å². The van der Waals surface area contributed by atoms with Gasteiger partial charge in [-0.05, 0) is 35.2 Å². The molecule has 98 valence electrons. The van der Waals surface area contributed by atoms with Crippen LogP contribution >= 0.6 is 0 Å². The summed E-state index contributed by atoms with van der Waals surface area (Å²) in [5.41, 5.74) is 2.45. The number of carbonyl (C=O) groups is 1. The zero-order valence-corrected chi connectivity index (χ0v) is 10.6. The van der Waals surface area contributed by atoms with Crippen molar-refractivity contribution in [1.29, 1.82) is 0 Å². The van der Waals surface area contributed by atoms with Crippen LogP contribution in [0.4, 0.5) is 4.39 Å². The van der Waals surface area contributed by atoms with Crippen molar-refractivity contribution in [3.63, 3.8) is 0 Å². The SMILES string of the molecule is CCc1ccc(C(C(=O)O)c2ccc(F)cc2)cc1. The van der Waals surface area contributed by atoms with Gasteiger partial charge < -0.3 is 5.11 Å². The summed E-state index contributed by atoms with van der Waals surface area (Å²) < 4.78 is 12.9. The topological polar surface area (TPSA) is 37.3 Å². The summed E-state index contributed by atoms with van der Waals surface area (Å²) in [6.45, 7) is 2.05. The first-order valence-corrected chi connectivity index (χ1v) is 6.19. The van der Waals surface area contributed by atoms with E-state index in [1.807, 2.05) is 31.2 Å². The molecule has 0 heterocycles. The zero-order valence-electron chi connectivity index (χ0n) is 10.6. The van der Waals surface area contributed by atoms with Crippen molar-refractivity contribution < 1.29 is 14.3 Å². The first-order valence-electron chi connectivity index (χ1n) is 6.19. The molecule has 0 aliphatic carbocycles. The van der Waals surface area contributed by atoms with Gasteiger partial charge in [-0.2, -0.15) is 0 Å². The van der Waals surface area contributed by atoms with Crippen LogP contribution < -0.4 is 0 Å². The lowest BCUT2D eigenvalue weighted by molar-refractivity contribution is -0.137. The lowest BCUT2D eigenvalue weighted by Gasteiger charge is -2.13. The monoisotopic (exact) mass is 258 g/mol. The molecule has 0 fully saturated rings. The van der Waals surface area contributed by atoms with E-state index in [1.54, 1.807) is 0 Å². The van der Waals surface area contributed by atoms with E-state index in [1.165, 1.54) is 24.3 Å². The van der Waals surface area contributed by atoms with Crippen molar-refractivity contribution in [2.45, 2.75) is 19.3 Å². The average Bonchev–Trinajstić information content (AvgIpc) is 2.42. The highest BCUT2D eigenvalue weighted by atomic mass is 19.1. The first-order chi connectivity index (χ1) is 9.11. The molecule has 2 rings (SSSR count). The van der Waals surface area contributed by atoms with Crippen LogP contribution in [0.15, 0.2) is 48.5 Å². The van der Waals surface area contributed by atoms with Crippen molar-refractivity contribution in [3.05, 3.63) is 71.0 Å². The minimum atomic E-state index is -0.934. The molecule has 0 aliphatic rings. The molecule has 0 spiro atoms. The molecule has 19 heavy (non-hydrogen) atoms. The number of rotatable bonds is 4. The molecular weight excluding hydrogens is 243 g/mol. The summed E-state index contributed by atoms with van der Waals surface area (Å²) >= 11 is 0. The Morgan fingerprint density at radius 3 is 1.95 bits per heavy atom. The summed E-state index contributed by atoms with van der Waals surface area (Å²) in [5, 5.41) is 9.38. The number of carboxylic acid groups (broad SMARTS) is 1. The molecule has 1 N–H and O–H groups in total. The Labute approximate surface area is 111 Å². The number of halogens is 1. The number of aryl methyl sites for hydroxylation is 1. The predicted molar refractivity (Wildman–Crippen MR) is 71.7 cm³/mol.